The number of nitrogens with zero attached hydrogens (tertiary/aromatic N) is 3. The summed E-state index contributed by atoms with van der Waals surface area (Å²) in [7, 11) is 0. The third-order valence-electron chi connectivity index (χ3n) is 5.01. The molecule has 8 nitrogen and oxygen atoms in total. The number of carbonyl (C=O) groups is 1. The number of rotatable bonds is 5. The fourth-order valence-electron chi connectivity index (χ4n) is 3.56. The molecule has 0 N–H and O–H groups in total. The summed E-state index contributed by atoms with van der Waals surface area (Å²) in [5, 5.41) is 4.08. The molecule has 0 unspecified atom stereocenters. The summed E-state index contributed by atoms with van der Waals surface area (Å²) in [5.41, 5.74) is 1.61. The van der Waals surface area contributed by atoms with Crippen LogP contribution in [0.1, 0.15) is 25.2 Å². The monoisotopic (exact) mass is 393 g/mol. The van der Waals surface area contributed by atoms with E-state index < -0.39 is 0 Å². The van der Waals surface area contributed by atoms with Gasteiger partial charge in [0.2, 0.25) is 24.4 Å². The maximum absolute atomic E-state index is 12.6. The maximum Gasteiger partial charge on any atom is 0.232 e. The van der Waals surface area contributed by atoms with Gasteiger partial charge >= 0.3 is 0 Å². The van der Waals surface area contributed by atoms with Crippen LogP contribution in [0.4, 0.5) is 5.69 Å². The summed E-state index contributed by atoms with van der Waals surface area (Å²) in [6.45, 7) is 3.23. The van der Waals surface area contributed by atoms with E-state index in [1.165, 1.54) is 0 Å². The van der Waals surface area contributed by atoms with E-state index in [-0.39, 0.29) is 18.6 Å². The molecule has 148 valence electrons. The second kappa shape index (κ2) is 7.12. The van der Waals surface area contributed by atoms with Crippen molar-refractivity contribution >= 4 is 11.6 Å². The molecule has 8 heteroatoms. The number of hydrogen-bond donors (Lipinski definition) is 0. The molecule has 29 heavy (non-hydrogen) atoms. The zero-order chi connectivity index (χ0) is 19.8. The van der Waals surface area contributed by atoms with Crippen LogP contribution < -0.4 is 19.1 Å². The Labute approximate surface area is 167 Å². The Morgan fingerprint density at radius 3 is 2.79 bits per heavy atom. The number of fused-ring (bicyclic) bond motifs is 1. The van der Waals surface area contributed by atoms with Gasteiger partial charge in [-0.05, 0) is 43.3 Å². The van der Waals surface area contributed by atoms with Gasteiger partial charge in [0, 0.05) is 30.3 Å². The van der Waals surface area contributed by atoms with E-state index >= 15 is 0 Å². The Kier molecular flexibility index (Phi) is 4.31. The lowest BCUT2D eigenvalue weighted by Crippen LogP contribution is -2.24. The highest BCUT2D eigenvalue weighted by Crippen LogP contribution is 2.38. The molecule has 1 atom stereocenters. The molecule has 0 aliphatic carbocycles. The molecule has 5 rings (SSSR count). The largest absolute Gasteiger partial charge is 0.494 e. The van der Waals surface area contributed by atoms with Crippen molar-refractivity contribution in [3.05, 3.63) is 48.4 Å². The van der Waals surface area contributed by atoms with Crippen LogP contribution in [0.25, 0.3) is 11.4 Å². The number of amides is 1. The molecule has 3 heterocycles. The highest BCUT2D eigenvalue weighted by atomic mass is 16.7. The molecule has 1 fully saturated rings. The van der Waals surface area contributed by atoms with Crippen LogP contribution in [0, 0.1) is 0 Å². The van der Waals surface area contributed by atoms with Gasteiger partial charge in [-0.25, -0.2) is 0 Å². The average Bonchev–Trinajstić information content (AvgIpc) is 3.47. The van der Waals surface area contributed by atoms with Crippen LogP contribution in [0.2, 0.25) is 0 Å². The van der Waals surface area contributed by atoms with E-state index in [1.54, 1.807) is 4.90 Å². The normalized spacial score (nSPS) is 17.8. The Morgan fingerprint density at radius 1 is 1.14 bits per heavy atom. The summed E-state index contributed by atoms with van der Waals surface area (Å²) in [5.74, 6) is 2.94. The second-order valence-corrected chi connectivity index (χ2v) is 6.86. The summed E-state index contributed by atoms with van der Waals surface area (Å²) in [6, 6.07) is 13.0. The van der Waals surface area contributed by atoms with Crippen LogP contribution in [0.15, 0.2) is 47.0 Å². The molecule has 0 bridgehead atoms. The predicted octanol–water partition coefficient (Wildman–Crippen LogP) is 3.38. The molecule has 0 saturated carbocycles. The highest BCUT2D eigenvalue weighted by molar-refractivity contribution is 5.96. The van der Waals surface area contributed by atoms with Crippen molar-refractivity contribution < 1.29 is 23.5 Å². The number of carbonyl (C=O) groups excluding carboxylic acids is 1. The molecule has 2 aliphatic rings. The lowest BCUT2D eigenvalue weighted by Gasteiger charge is -2.16. The van der Waals surface area contributed by atoms with Crippen LogP contribution in [0.3, 0.4) is 0 Å². The molecule has 2 aromatic carbocycles. The SMILES string of the molecule is CCOc1ccc(-c2noc([C@@H]3CC(=O)N(c4ccc5c(c4)OCO5)C3)n2)cc1. The number of anilines is 1. The summed E-state index contributed by atoms with van der Waals surface area (Å²) < 4.78 is 21.7. The molecule has 0 radical (unpaired) electrons. The molecule has 1 amide bonds. The van der Waals surface area contributed by atoms with E-state index in [0.717, 1.165) is 17.0 Å². The summed E-state index contributed by atoms with van der Waals surface area (Å²) in [4.78, 5) is 18.8. The van der Waals surface area contributed by atoms with Gasteiger partial charge in [-0.2, -0.15) is 4.98 Å². The van der Waals surface area contributed by atoms with Gasteiger partial charge in [0.05, 0.1) is 12.5 Å². The summed E-state index contributed by atoms with van der Waals surface area (Å²) in [6.07, 6.45) is 0.319. The lowest BCUT2D eigenvalue weighted by molar-refractivity contribution is -0.117. The number of hydrogen-bond acceptors (Lipinski definition) is 7. The van der Waals surface area contributed by atoms with Crippen molar-refractivity contribution in [3.63, 3.8) is 0 Å². The van der Waals surface area contributed by atoms with E-state index in [9.17, 15) is 4.79 Å². The topological polar surface area (TPSA) is 86.9 Å². The van der Waals surface area contributed by atoms with Crippen molar-refractivity contribution in [2.75, 3.05) is 24.8 Å². The average molecular weight is 393 g/mol. The van der Waals surface area contributed by atoms with Crippen molar-refractivity contribution in [2.45, 2.75) is 19.3 Å². The Bertz CT molecular complexity index is 1050. The first-order valence-electron chi connectivity index (χ1n) is 9.48. The summed E-state index contributed by atoms with van der Waals surface area (Å²) >= 11 is 0. The number of aromatic nitrogens is 2. The Hall–Kier alpha value is -3.55. The predicted molar refractivity (Wildman–Crippen MR) is 103 cm³/mol. The molecular weight excluding hydrogens is 374 g/mol. The Balaban J connectivity index is 1.33. The molecule has 1 saturated heterocycles. The first-order chi connectivity index (χ1) is 14.2. The van der Waals surface area contributed by atoms with Gasteiger partial charge in [0.1, 0.15) is 5.75 Å². The van der Waals surface area contributed by atoms with Crippen molar-refractivity contribution in [2.24, 2.45) is 0 Å². The maximum atomic E-state index is 12.6. The second-order valence-electron chi connectivity index (χ2n) is 6.86. The van der Waals surface area contributed by atoms with Crippen molar-refractivity contribution in [3.8, 4) is 28.6 Å². The first kappa shape index (κ1) is 17.5. The first-order valence-corrected chi connectivity index (χ1v) is 9.48. The quantitative estimate of drug-likeness (QED) is 0.657. The minimum atomic E-state index is -0.156. The minimum Gasteiger partial charge on any atom is -0.494 e. The van der Waals surface area contributed by atoms with Crippen molar-refractivity contribution in [1.29, 1.82) is 0 Å². The van der Waals surface area contributed by atoms with Crippen molar-refractivity contribution in [1.82, 2.24) is 10.1 Å². The fourth-order valence-corrected chi connectivity index (χ4v) is 3.56. The van der Waals surface area contributed by atoms with Gasteiger partial charge in [-0.15, -0.1) is 0 Å². The van der Waals surface area contributed by atoms with Gasteiger partial charge in [0.25, 0.3) is 0 Å². The number of benzene rings is 2. The van der Waals surface area contributed by atoms with Crippen LogP contribution in [-0.4, -0.2) is 36.0 Å². The van der Waals surface area contributed by atoms with E-state index in [2.05, 4.69) is 10.1 Å². The molecular formula is C21H19N3O5. The molecule has 3 aromatic rings. The van der Waals surface area contributed by atoms with Gasteiger partial charge in [0.15, 0.2) is 11.5 Å². The third-order valence-corrected chi connectivity index (χ3v) is 5.01. The molecule has 2 aliphatic heterocycles. The number of ether oxygens (including phenoxy) is 3. The smallest absolute Gasteiger partial charge is 0.232 e. The van der Waals surface area contributed by atoms with Gasteiger partial charge in [-0.3, -0.25) is 4.79 Å². The van der Waals surface area contributed by atoms with E-state index in [0.29, 0.717) is 42.8 Å². The molecule has 0 spiro atoms. The zero-order valence-electron chi connectivity index (χ0n) is 15.8. The third kappa shape index (κ3) is 3.26. The van der Waals surface area contributed by atoms with Crippen LogP contribution in [0.5, 0.6) is 17.2 Å². The van der Waals surface area contributed by atoms with Gasteiger partial charge < -0.3 is 23.6 Å². The van der Waals surface area contributed by atoms with Crippen LogP contribution >= 0.6 is 0 Å². The lowest BCUT2D eigenvalue weighted by atomic mass is 10.1. The van der Waals surface area contributed by atoms with E-state index in [4.69, 9.17) is 18.7 Å². The van der Waals surface area contributed by atoms with Gasteiger partial charge in [-0.1, -0.05) is 5.16 Å². The standard InChI is InChI=1S/C21H19N3O5/c1-2-26-16-6-3-13(4-7-16)20-22-21(29-23-20)14-9-19(25)24(11-14)15-5-8-17-18(10-15)28-12-27-17/h3-8,10,14H,2,9,11-12H2,1H3/t14-/m1/s1. The fraction of sp³-hybridized carbons (Fsp3) is 0.286. The zero-order valence-corrected chi connectivity index (χ0v) is 15.8. The molecule has 1 aromatic heterocycles. The minimum absolute atomic E-state index is 0.00897. The van der Waals surface area contributed by atoms with Crippen LogP contribution in [-0.2, 0) is 4.79 Å². The van der Waals surface area contributed by atoms with E-state index in [1.807, 2.05) is 49.4 Å². The highest BCUT2D eigenvalue weighted by Gasteiger charge is 2.35. The Morgan fingerprint density at radius 2 is 1.97 bits per heavy atom.